The van der Waals surface area contributed by atoms with Crippen LogP contribution in [0.1, 0.15) is 47.1 Å². The summed E-state index contributed by atoms with van der Waals surface area (Å²) in [6.07, 6.45) is -2.91. The number of ether oxygens (including phenoxy) is 4. The molecule has 1 aliphatic heterocycles. The number of nitrogens with one attached hydrogen (secondary N) is 2. The summed E-state index contributed by atoms with van der Waals surface area (Å²) < 4.78 is 35.3. The Morgan fingerprint density at radius 3 is 2.34 bits per heavy atom. The molecule has 3 amide bonds. The molecule has 2 rings (SSSR count). The molecule has 1 fully saturated rings. The van der Waals surface area contributed by atoms with Gasteiger partial charge in [0.05, 0.1) is 31.6 Å². The SMILES string of the molecule is COC(=O)CSC(=NNC(=O)OC(C)(C)C)c1ccc(N2C[C@@H](CNC(=O)OC(C)(C)C)OC2=O)cc1F. The number of methoxy groups -OCH3 is 1. The summed E-state index contributed by atoms with van der Waals surface area (Å²) in [5.74, 6) is -1.55. The second-order valence-corrected chi connectivity index (χ2v) is 11.0. The van der Waals surface area contributed by atoms with Crippen LogP contribution in [0, 0.1) is 5.82 Å². The van der Waals surface area contributed by atoms with Crippen molar-refractivity contribution in [3.63, 3.8) is 0 Å². The van der Waals surface area contributed by atoms with Crippen molar-refractivity contribution in [1.29, 1.82) is 0 Å². The predicted molar refractivity (Wildman–Crippen MR) is 139 cm³/mol. The van der Waals surface area contributed by atoms with Crippen LogP contribution in [0.25, 0.3) is 0 Å². The number of amides is 3. The van der Waals surface area contributed by atoms with Gasteiger partial charge in [-0.2, -0.15) is 5.10 Å². The Labute approximate surface area is 224 Å². The lowest BCUT2D eigenvalue weighted by molar-refractivity contribution is -0.137. The van der Waals surface area contributed by atoms with Gasteiger partial charge in [-0.05, 0) is 59.7 Å². The van der Waals surface area contributed by atoms with E-state index in [4.69, 9.17) is 14.2 Å². The summed E-state index contributed by atoms with van der Waals surface area (Å²) in [4.78, 5) is 49.1. The first-order valence-corrected chi connectivity index (χ1v) is 12.6. The van der Waals surface area contributed by atoms with Gasteiger partial charge in [0, 0.05) is 5.56 Å². The zero-order valence-electron chi connectivity index (χ0n) is 22.4. The summed E-state index contributed by atoms with van der Waals surface area (Å²) in [5, 5.41) is 6.43. The molecule has 0 radical (unpaired) electrons. The molecule has 1 saturated heterocycles. The Bertz CT molecular complexity index is 1080. The predicted octanol–water partition coefficient (Wildman–Crippen LogP) is 3.77. The summed E-state index contributed by atoms with van der Waals surface area (Å²) in [7, 11) is 1.21. The maximum Gasteiger partial charge on any atom is 0.428 e. The molecule has 1 aromatic rings. The van der Waals surface area contributed by atoms with Crippen molar-refractivity contribution in [3.8, 4) is 0 Å². The maximum absolute atomic E-state index is 15.2. The van der Waals surface area contributed by atoms with Gasteiger partial charge in [0.25, 0.3) is 0 Å². The number of hydrazone groups is 1. The molecule has 0 saturated carbocycles. The van der Waals surface area contributed by atoms with Crippen molar-refractivity contribution in [2.45, 2.75) is 58.8 Å². The molecule has 0 aromatic heterocycles. The number of hydrogen-bond acceptors (Lipinski definition) is 10. The smallest absolute Gasteiger partial charge is 0.428 e. The van der Waals surface area contributed by atoms with Crippen LogP contribution < -0.4 is 15.6 Å². The van der Waals surface area contributed by atoms with Gasteiger partial charge in [0.2, 0.25) is 0 Å². The monoisotopic (exact) mass is 556 g/mol. The highest BCUT2D eigenvalue weighted by Gasteiger charge is 2.33. The Hall–Kier alpha value is -3.55. The molecule has 210 valence electrons. The number of hydrogen-bond donors (Lipinski definition) is 2. The third-order valence-electron chi connectivity index (χ3n) is 4.44. The van der Waals surface area contributed by atoms with E-state index < -0.39 is 47.4 Å². The van der Waals surface area contributed by atoms with E-state index in [0.29, 0.717) is 0 Å². The van der Waals surface area contributed by atoms with Crippen molar-refractivity contribution in [1.82, 2.24) is 10.7 Å². The quantitative estimate of drug-likeness (QED) is 0.169. The van der Waals surface area contributed by atoms with Crippen LogP contribution in [0.4, 0.5) is 24.5 Å². The van der Waals surface area contributed by atoms with E-state index in [-0.39, 0.29) is 35.1 Å². The van der Waals surface area contributed by atoms with Crippen molar-refractivity contribution in [2.24, 2.45) is 5.10 Å². The normalized spacial score (nSPS) is 16.0. The van der Waals surface area contributed by atoms with Crippen molar-refractivity contribution < 1.29 is 42.5 Å². The zero-order chi connectivity index (χ0) is 28.7. The Balaban J connectivity index is 2.15. The lowest BCUT2D eigenvalue weighted by Gasteiger charge is -2.20. The van der Waals surface area contributed by atoms with E-state index >= 15 is 4.39 Å². The molecule has 0 bridgehead atoms. The van der Waals surface area contributed by atoms with Crippen LogP contribution in [0.2, 0.25) is 0 Å². The van der Waals surface area contributed by atoms with Gasteiger partial charge < -0.3 is 24.3 Å². The molecule has 0 aliphatic carbocycles. The zero-order valence-corrected chi connectivity index (χ0v) is 23.2. The molecule has 12 nitrogen and oxygen atoms in total. The van der Waals surface area contributed by atoms with Gasteiger partial charge in [-0.1, -0.05) is 11.8 Å². The van der Waals surface area contributed by atoms with Crippen LogP contribution in [-0.2, 0) is 23.7 Å². The summed E-state index contributed by atoms with van der Waals surface area (Å²) in [5.41, 5.74) is 0.893. The van der Waals surface area contributed by atoms with E-state index in [0.717, 1.165) is 17.8 Å². The number of rotatable bonds is 7. The summed E-state index contributed by atoms with van der Waals surface area (Å²) >= 11 is 0.841. The fraction of sp³-hybridized carbons (Fsp3) is 0.542. The molecule has 1 atom stereocenters. The Morgan fingerprint density at radius 1 is 1.13 bits per heavy atom. The number of esters is 1. The molecule has 1 aromatic carbocycles. The Kier molecular flexibility index (Phi) is 10.3. The van der Waals surface area contributed by atoms with Crippen molar-refractivity contribution >= 4 is 46.7 Å². The molecule has 0 unspecified atom stereocenters. The molecule has 2 N–H and O–H groups in total. The van der Waals surface area contributed by atoms with Crippen molar-refractivity contribution in [2.75, 3.05) is 30.9 Å². The lowest BCUT2D eigenvalue weighted by Crippen LogP contribution is -2.38. The minimum Gasteiger partial charge on any atom is -0.468 e. The van der Waals surface area contributed by atoms with Crippen LogP contribution >= 0.6 is 11.8 Å². The number of nitrogens with zero attached hydrogens (tertiary/aromatic N) is 2. The number of thioether (sulfide) groups is 1. The van der Waals surface area contributed by atoms with E-state index in [1.165, 1.54) is 24.1 Å². The first kappa shape index (κ1) is 30.7. The largest absolute Gasteiger partial charge is 0.468 e. The van der Waals surface area contributed by atoms with Gasteiger partial charge in [-0.25, -0.2) is 24.2 Å². The van der Waals surface area contributed by atoms with E-state index in [1.54, 1.807) is 41.5 Å². The standard InChI is InChI=1S/C24H33FN4O8S/c1-23(2,3)36-20(31)26-11-15-12-29(22(33)35-15)14-8-9-16(17(25)10-14)19(38-13-18(30)34-7)27-28-21(32)37-24(4,5)6/h8-10,15H,11-13H2,1-7H3,(H,26,31)(H,28,32)/t15-/m1/s1. The molecular weight excluding hydrogens is 523 g/mol. The topological polar surface area (TPSA) is 145 Å². The molecule has 1 heterocycles. The second kappa shape index (κ2) is 12.8. The van der Waals surface area contributed by atoms with Gasteiger partial charge in [0.15, 0.2) is 0 Å². The molecule has 38 heavy (non-hydrogen) atoms. The number of benzene rings is 1. The van der Waals surface area contributed by atoms with Gasteiger partial charge >= 0.3 is 24.2 Å². The van der Waals surface area contributed by atoms with Gasteiger partial charge in [0.1, 0.15) is 28.2 Å². The number of anilines is 1. The minimum absolute atomic E-state index is 0.00896. The minimum atomic E-state index is -0.864. The van der Waals surface area contributed by atoms with Crippen LogP contribution in [0.5, 0.6) is 0 Å². The highest BCUT2D eigenvalue weighted by Crippen LogP contribution is 2.26. The fourth-order valence-corrected chi connectivity index (χ4v) is 3.75. The average Bonchev–Trinajstić information content (AvgIpc) is 3.16. The van der Waals surface area contributed by atoms with E-state index in [2.05, 4.69) is 20.6 Å². The van der Waals surface area contributed by atoms with E-state index in [1.807, 2.05) is 0 Å². The summed E-state index contributed by atoms with van der Waals surface area (Å²) in [6.45, 7) is 10.2. The summed E-state index contributed by atoms with van der Waals surface area (Å²) in [6, 6.07) is 3.91. The number of carbonyl (C=O) groups is 4. The third-order valence-corrected chi connectivity index (χ3v) is 5.41. The second-order valence-electron chi connectivity index (χ2n) is 10.1. The molecule has 14 heteroatoms. The third kappa shape index (κ3) is 10.1. The van der Waals surface area contributed by atoms with Crippen LogP contribution in [0.15, 0.2) is 23.3 Å². The highest BCUT2D eigenvalue weighted by atomic mass is 32.2. The van der Waals surface area contributed by atoms with E-state index in [9.17, 15) is 19.2 Å². The molecular formula is C24H33FN4O8S. The number of halogens is 1. The fourth-order valence-electron chi connectivity index (χ4n) is 2.95. The molecule has 0 spiro atoms. The van der Waals surface area contributed by atoms with Gasteiger partial charge in [-0.3, -0.25) is 9.69 Å². The Morgan fingerprint density at radius 2 is 1.76 bits per heavy atom. The highest BCUT2D eigenvalue weighted by molar-refractivity contribution is 8.14. The average molecular weight is 557 g/mol. The van der Waals surface area contributed by atoms with Crippen LogP contribution in [-0.4, -0.2) is 72.6 Å². The number of cyclic esters (lactones) is 1. The first-order chi connectivity index (χ1) is 17.6. The first-order valence-electron chi connectivity index (χ1n) is 11.6. The number of carbonyl (C=O) groups excluding carboxylic acids is 4. The van der Waals surface area contributed by atoms with Gasteiger partial charge in [-0.15, -0.1) is 0 Å². The van der Waals surface area contributed by atoms with Crippen molar-refractivity contribution in [3.05, 3.63) is 29.6 Å². The molecule has 1 aliphatic rings. The maximum atomic E-state index is 15.2. The number of alkyl carbamates (subject to hydrolysis) is 1. The van der Waals surface area contributed by atoms with Crippen LogP contribution in [0.3, 0.4) is 0 Å². The lowest BCUT2D eigenvalue weighted by atomic mass is 10.2.